The number of carbonyl (C=O) groups is 1. The quantitative estimate of drug-likeness (QED) is 0.608. The first-order valence-electron chi connectivity index (χ1n) is 8.54. The number of halogens is 2. The molecule has 1 amide bonds. The molecule has 1 aliphatic rings. The zero-order chi connectivity index (χ0) is 19.4. The van der Waals surface area contributed by atoms with Gasteiger partial charge >= 0.3 is 0 Å². The number of carbonyl (C=O) groups excluding carboxylic acids is 1. The molecule has 2 aromatic rings. The second-order valence-electron chi connectivity index (χ2n) is 6.26. The summed E-state index contributed by atoms with van der Waals surface area (Å²) in [5.74, 6) is 0.652. The highest BCUT2D eigenvalue weighted by Gasteiger charge is 2.45. The summed E-state index contributed by atoms with van der Waals surface area (Å²) in [4.78, 5) is 12.5. The molecule has 140 valence electrons. The lowest BCUT2D eigenvalue weighted by molar-refractivity contribution is -0.124. The van der Waals surface area contributed by atoms with Gasteiger partial charge in [0.05, 0.1) is 28.3 Å². The molecule has 1 fully saturated rings. The summed E-state index contributed by atoms with van der Waals surface area (Å²) in [7, 11) is 0. The predicted octanol–water partition coefficient (Wildman–Crippen LogP) is 4.67. The van der Waals surface area contributed by atoms with Crippen LogP contribution in [0.4, 0.5) is 0 Å². The van der Waals surface area contributed by atoms with Crippen molar-refractivity contribution in [2.75, 3.05) is 13.2 Å². The van der Waals surface area contributed by atoms with Crippen molar-refractivity contribution in [1.82, 2.24) is 5.32 Å². The molecule has 1 aliphatic carbocycles. The van der Waals surface area contributed by atoms with Crippen molar-refractivity contribution in [2.24, 2.45) is 0 Å². The summed E-state index contributed by atoms with van der Waals surface area (Å²) in [5, 5.41) is 12.2. The van der Waals surface area contributed by atoms with Crippen LogP contribution in [0.1, 0.15) is 30.9 Å². The zero-order valence-electron chi connectivity index (χ0n) is 14.7. The van der Waals surface area contributed by atoms with Crippen molar-refractivity contribution in [2.45, 2.75) is 25.3 Å². The predicted molar refractivity (Wildman–Crippen MR) is 109 cm³/mol. The molecule has 0 heterocycles. The fourth-order valence-corrected chi connectivity index (χ4v) is 3.68. The molecule has 0 atom stereocenters. The van der Waals surface area contributed by atoms with Gasteiger partial charge in [0.15, 0.2) is 18.1 Å². The zero-order valence-corrected chi connectivity index (χ0v) is 17.9. The molecule has 3 rings (SSSR count). The molecule has 0 aliphatic heterocycles. The van der Waals surface area contributed by atoms with Crippen LogP contribution < -0.4 is 14.8 Å². The Morgan fingerprint density at radius 1 is 1.22 bits per heavy atom. The van der Waals surface area contributed by atoms with Crippen LogP contribution in [0.3, 0.4) is 0 Å². The third kappa shape index (κ3) is 4.63. The van der Waals surface area contributed by atoms with E-state index in [1.54, 1.807) is 12.1 Å². The number of hydrogen-bond acceptors (Lipinski definition) is 4. The fraction of sp³-hybridized carbons (Fsp3) is 0.300. The molecule has 1 saturated carbocycles. The van der Waals surface area contributed by atoms with Gasteiger partial charge in [0.2, 0.25) is 0 Å². The summed E-state index contributed by atoms with van der Waals surface area (Å²) in [6.45, 7) is 2.14. The van der Waals surface area contributed by atoms with Crippen LogP contribution in [0.5, 0.6) is 11.5 Å². The molecular formula is C20H18Br2N2O3. The number of nitrogens with one attached hydrogen (secondary N) is 1. The first-order valence-corrected chi connectivity index (χ1v) is 10.1. The van der Waals surface area contributed by atoms with Gasteiger partial charge in [0, 0.05) is 10.5 Å². The SMILES string of the molecule is CCOc1cc(C#N)cc(Br)c1OCC(=O)NC1(c2ccc(Br)cc2)CC1. The van der Waals surface area contributed by atoms with Crippen molar-refractivity contribution in [3.05, 3.63) is 56.5 Å². The van der Waals surface area contributed by atoms with Crippen molar-refractivity contribution in [1.29, 1.82) is 5.26 Å². The summed E-state index contributed by atoms with van der Waals surface area (Å²) in [5.41, 5.74) is 1.24. The second kappa shape index (κ2) is 8.32. The van der Waals surface area contributed by atoms with Gasteiger partial charge in [0.1, 0.15) is 0 Å². The molecule has 0 bridgehead atoms. The van der Waals surface area contributed by atoms with E-state index < -0.39 is 0 Å². The average Bonchev–Trinajstić information content (AvgIpc) is 3.42. The standard InChI is InChI=1S/C20H18Br2N2O3/c1-2-26-17-10-13(11-23)9-16(22)19(17)27-12-18(25)24-20(7-8-20)14-3-5-15(21)6-4-14/h3-6,9-10H,2,7-8,12H2,1H3,(H,24,25). The largest absolute Gasteiger partial charge is 0.490 e. The molecule has 0 radical (unpaired) electrons. The minimum atomic E-state index is -0.300. The average molecular weight is 494 g/mol. The van der Waals surface area contributed by atoms with Crippen LogP contribution in [0.2, 0.25) is 0 Å². The van der Waals surface area contributed by atoms with Crippen LogP contribution >= 0.6 is 31.9 Å². The van der Waals surface area contributed by atoms with E-state index in [0.717, 1.165) is 22.9 Å². The Morgan fingerprint density at radius 3 is 2.52 bits per heavy atom. The minimum absolute atomic E-state index is 0.136. The van der Waals surface area contributed by atoms with Crippen molar-refractivity contribution < 1.29 is 14.3 Å². The van der Waals surface area contributed by atoms with E-state index in [2.05, 4.69) is 43.2 Å². The minimum Gasteiger partial charge on any atom is -0.490 e. The number of nitrogens with zero attached hydrogens (tertiary/aromatic N) is 1. The monoisotopic (exact) mass is 492 g/mol. The van der Waals surface area contributed by atoms with Gasteiger partial charge in [-0.1, -0.05) is 28.1 Å². The maximum absolute atomic E-state index is 12.5. The number of rotatable bonds is 7. The van der Waals surface area contributed by atoms with E-state index in [1.807, 2.05) is 31.2 Å². The Bertz CT molecular complexity index is 887. The Hall–Kier alpha value is -2.04. The van der Waals surface area contributed by atoms with Crippen LogP contribution in [0.25, 0.3) is 0 Å². The van der Waals surface area contributed by atoms with Crippen LogP contribution in [0.15, 0.2) is 45.3 Å². The molecule has 0 aromatic heterocycles. The third-order valence-corrected chi connectivity index (χ3v) is 5.43. The summed E-state index contributed by atoms with van der Waals surface area (Å²) in [6.07, 6.45) is 1.82. The van der Waals surface area contributed by atoms with Crippen LogP contribution in [-0.4, -0.2) is 19.1 Å². The Morgan fingerprint density at radius 2 is 1.93 bits per heavy atom. The number of nitriles is 1. The van der Waals surface area contributed by atoms with Gasteiger partial charge in [-0.3, -0.25) is 4.79 Å². The second-order valence-corrected chi connectivity index (χ2v) is 8.03. The Balaban J connectivity index is 1.68. The van der Waals surface area contributed by atoms with Gasteiger partial charge in [0.25, 0.3) is 5.91 Å². The molecule has 0 saturated heterocycles. The molecular weight excluding hydrogens is 476 g/mol. The Labute approximate surface area is 174 Å². The molecule has 5 nitrogen and oxygen atoms in total. The Kier molecular flexibility index (Phi) is 6.08. The number of benzene rings is 2. The number of ether oxygens (including phenoxy) is 2. The first-order chi connectivity index (χ1) is 13.0. The summed E-state index contributed by atoms with van der Waals surface area (Å²) < 4.78 is 12.8. The van der Waals surface area contributed by atoms with E-state index in [9.17, 15) is 4.79 Å². The molecule has 0 unspecified atom stereocenters. The topological polar surface area (TPSA) is 71.3 Å². The van der Waals surface area contributed by atoms with Gasteiger partial charge in [-0.2, -0.15) is 5.26 Å². The smallest absolute Gasteiger partial charge is 0.258 e. The van der Waals surface area contributed by atoms with E-state index >= 15 is 0 Å². The van der Waals surface area contributed by atoms with E-state index in [-0.39, 0.29) is 18.1 Å². The summed E-state index contributed by atoms with van der Waals surface area (Å²) in [6, 6.07) is 13.3. The highest BCUT2D eigenvalue weighted by Crippen LogP contribution is 2.45. The van der Waals surface area contributed by atoms with E-state index in [1.165, 1.54) is 0 Å². The lowest BCUT2D eigenvalue weighted by atomic mass is 10.1. The molecule has 2 aromatic carbocycles. The lowest BCUT2D eigenvalue weighted by Gasteiger charge is -2.19. The van der Waals surface area contributed by atoms with E-state index in [0.29, 0.717) is 28.1 Å². The fourth-order valence-electron chi connectivity index (χ4n) is 2.86. The normalized spacial score (nSPS) is 14.1. The molecule has 1 N–H and O–H groups in total. The van der Waals surface area contributed by atoms with Crippen molar-refractivity contribution in [3.63, 3.8) is 0 Å². The summed E-state index contributed by atoms with van der Waals surface area (Å²) >= 11 is 6.81. The van der Waals surface area contributed by atoms with Gasteiger partial charge in [-0.15, -0.1) is 0 Å². The highest BCUT2D eigenvalue weighted by molar-refractivity contribution is 9.10. The third-order valence-electron chi connectivity index (χ3n) is 4.31. The van der Waals surface area contributed by atoms with Gasteiger partial charge < -0.3 is 14.8 Å². The van der Waals surface area contributed by atoms with Crippen molar-refractivity contribution >= 4 is 37.8 Å². The molecule has 0 spiro atoms. The molecule has 27 heavy (non-hydrogen) atoms. The van der Waals surface area contributed by atoms with Crippen LogP contribution in [-0.2, 0) is 10.3 Å². The van der Waals surface area contributed by atoms with Crippen molar-refractivity contribution in [3.8, 4) is 17.6 Å². The van der Waals surface area contributed by atoms with Gasteiger partial charge in [-0.05, 0) is 59.5 Å². The van der Waals surface area contributed by atoms with Crippen LogP contribution in [0, 0.1) is 11.3 Å². The van der Waals surface area contributed by atoms with Gasteiger partial charge in [-0.25, -0.2) is 0 Å². The van der Waals surface area contributed by atoms with E-state index in [4.69, 9.17) is 14.7 Å². The molecule has 7 heteroatoms. The number of hydrogen-bond donors (Lipinski definition) is 1. The maximum atomic E-state index is 12.5. The maximum Gasteiger partial charge on any atom is 0.258 e. The first kappa shape index (κ1) is 19.7. The number of amides is 1. The lowest BCUT2D eigenvalue weighted by Crippen LogP contribution is -2.38. The highest BCUT2D eigenvalue weighted by atomic mass is 79.9.